The lowest BCUT2D eigenvalue weighted by molar-refractivity contribution is 0.414. The van der Waals surface area contributed by atoms with E-state index in [-0.39, 0.29) is 11.4 Å². The van der Waals surface area contributed by atoms with Crippen molar-refractivity contribution in [3.8, 4) is 5.75 Å². The molecule has 0 aliphatic carbocycles. The lowest BCUT2D eigenvalue weighted by Gasteiger charge is -2.25. The Morgan fingerprint density at radius 3 is 2.53 bits per heavy atom. The Balaban J connectivity index is 1.81. The van der Waals surface area contributed by atoms with Crippen LogP contribution < -0.4 is 9.04 Å². The van der Waals surface area contributed by atoms with Crippen LogP contribution in [0.4, 0.5) is 5.69 Å². The van der Waals surface area contributed by atoms with Gasteiger partial charge in [-0.1, -0.05) is 37.3 Å². The van der Waals surface area contributed by atoms with E-state index in [9.17, 15) is 8.42 Å². The second-order valence-electron chi connectivity index (χ2n) is 6.76. The largest absolute Gasteiger partial charge is 0.497 e. The molecule has 0 spiro atoms. The highest BCUT2D eigenvalue weighted by atomic mass is 32.2. The zero-order chi connectivity index (χ0) is 21.1. The maximum atomic E-state index is 13.7. The first-order valence-corrected chi connectivity index (χ1v) is 11.0. The van der Waals surface area contributed by atoms with E-state index in [2.05, 4.69) is 10.2 Å². The first-order valence-electron chi connectivity index (χ1n) is 9.57. The summed E-state index contributed by atoms with van der Waals surface area (Å²) in [6.07, 6.45) is 2.24. The second kappa shape index (κ2) is 8.16. The van der Waals surface area contributed by atoms with Crippen molar-refractivity contribution in [1.29, 1.82) is 0 Å². The lowest BCUT2D eigenvalue weighted by Crippen LogP contribution is -2.30. The van der Waals surface area contributed by atoms with Crippen molar-refractivity contribution in [3.05, 3.63) is 84.3 Å². The van der Waals surface area contributed by atoms with Gasteiger partial charge in [-0.3, -0.25) is 8.71 Å². The maximum absolute atomic E-state index is 13.7. The maximum Gasteiger partial charge on any atom is 0.266 e. The molecule has 0 aliphatic rings. The second-order valence-corrected chi connectivity index (χ2v) is 8.62. The van der Waals surface area contributed by atoms with E-state index in [0.717, 1.165) is 5.56 Å². The molecule has 0 N–H and O–H groups in total. The summed E-state index contributed by atoms with van der Waals surface area (Å²) in [4.78, 5) is 0.177. The van der Waals surface area contributed by atoms with Gasteiger partial charge in [0.15, 0.2) is 5.65 Å². The smallest absolute Gasteiger partial charge is 0.266 e. The molecular weight excluding hydrogens is 400 g/mol. The van der Waals surface area contributed by atoms with E-state index in [1.807, 2.05) is 49.4 Å². The molecule has 4 aromatic rings. The highest BCUT2D eigenvalue weighted by molar-refractivity contribution is 7.92. The number of para-hydroxylation sites is 1. The molecule has 4 rings (SSSR count). The lowest BCUT2D eigenvalue weighted by atomic mass is 10.2. The topological polar surface area (TPSA) is 76.8 Å². The zero-order valence-corrected chi connectivity index (χ0v) is 17.6. The normalized spacial score (nSPS) is 11.5. The van der Waals surface area contributed by atoms with Crippen LogP contribution >= 0.6 is 0 Å². The van der Waals surface area contributed by atoms with Crippen LogP contribution in [0.2, 0.25) is 0 Å². The SMILES string of the molecule is CCc1nnc2ccc(S(=O)(=O)N(Cc3cccc(OC)c3)c3ccccc3)cn12. The number of pyridine rings is 1. The molecule has 0 unspecified atom stereocenters. The number of aromatic nitrogens is 3. The van der Waals surface area contributed by atoms with Gasteiger partial charge in [0.2, 0.25) is 0 Å². The molecule has 8 heteroatoms. The van der Waals surface area contributed by atoms with Crippen molar-refractivity contribution in [2.45, 2.75) is 24.8 Å². The van der Waals surface area contributed by atoms with Gasteiger partial charge in [0.1, 0.15) is 16.5 Å². The van der Waals surface area contributed by atoms with Crippen molar-refractivity contribution in [2.24, 2.45) is 0 Å². The van der Waals surface area contributed by atoms with Crippen molar-refractivity contribution in [3.63, 3.8) is 0 Å². The first-order chi connectivity index (χ1) is 14.5. The number of hydrogen-bond acceptors (Lipinski definition) is 5. The molecular formula is C22H22N4O3S. The van der Waals surface area contributed by atoms with Gasteiger partial charge in [-0.2, -0.15) is 0 Å². The van der Waals surface area contributed by atoms with Crippen LogP contribution in [0.5, 0.6) is 5.75 Å². The fourth-order valence-electron chi connectivity index (χ4n) is 3.29. The number of aryl methyl sites for hydroxylation is 1. The average molecular weight is 423 g/mol. The standard InChI is InChI=1S/C22H22N4O3S/c1-3-21-23-24-22-13-12-20(16-25(21)22)30(27,28)26(18-9-5-4-6-10-18)15-17-8-7-11-19(14-17)29-2/h4-14,16H,3,15H2,1-2H3. The first kappa shape index (κ1) is 19.9. The van der Waals surface area contributed by atoms with Crippen molar-refractivity contribution in [1.82, 2.24) is 14.6 Å². The third kappa shape index (κ3) is 3.73. The minimum absolute atomic E-state index is 0.171. The molecule has 2 aromatic heterocycles. The van der Waals surface area contributed by atoms with Gasteiger partial charge in [0.05, 0.1) is 19.3 Å². The van der Waals surface area contributed by atoms with Gasteiger partial charge in [0.25, 0.3) is 10.0 Å². The Hall–Kier alpha value is -3.39. The molecule has 0 amide bonds. The fraction of sp³-hybridized carbons (Fsp3) is 0.182. The molecule has 0 radical (unpaired) electrons. The number of sulfonamides is 1. The van der Waals surface area contributed by atoms with Crippen molar-refractivity contribution >= 4 is 21.4 Å². The molecule has 2 heterocycles. The number of nitrogens with zero attached hydrogens (tertiary/aromatic N) is 4. The Kier molecular flexibility index (Phi) is 5.41. The average Bonchev–Trinajstić information content (AvgIpc) is 3.20. The van der Waals surface area contributed by atoms with Crippen LogP contribution in [0.1, 0.15) is 18.3 Å². The van der Waals surface area contributed by atoms with Gasteiger partial charge >= 0.3 is 0 Å². The van der Waals surface area contributed by atoms with Crippen molar-refractivity contribution in [2.75, 3.05) is 11.4 Å². The number of hydrogen-bond donors (Lipinski definition) is 0. The van der Waals surface area contributed by atoms with Crippen LogP contribution in [0.25, 0.3) is 5.65 Å². The Morgan fingerprint density at radius 2 is 1.80 bits per heavy atom. The molecule has 0 saturated heterocycles. The van der Waals surface area contributed by atoms with Crippen LogP contribution in [-0.2, 0) is 23.0 Å². The quantitative estimate of drug-likeness (QED) is 0.454. The van der Waals surface area contributed by atoms with Gasteiger partial charge in [-0.25, -0.2) is 8.42 Å². The van der Waals surface area contributed by atoms with E-state index in [0.29, 0.717) is 29.3 Å². The number of ether oxygens (including phenoxy) is 1. The molecule has 7 nitrogen and oxygen atoms in total. The molecule has 2 aromatic carbocycles. The molecule has 154 valence electrons. The predicted molar refractivity (Wildman–Crippen MR) is 115 cm³/mol. The molecule has 0 aliphatic heterocycles. The zero-order valence-electron chi connectivity index (χ0n) is 16.8. The summed E-state index contributed by atoms with van der Waals surface area (Å²) in [5, 5.41) is 8.21. The third-order valence-corrected chi connectivity index (χ3v) is 6.61. The molecule has 0 atom stereocenters. The predicted octanol–water partition coefficient (Wildman–Crippen LogP) is 3.70. The summed E-state index contributed by atoms with van der Waals surface area (Å²) in [7, 11) is -2.26. The minimum atomic E-state index is -3.85. The van der Waals surface area contributed by atoms with Gasteiger partial charge in [-0.05, 0) is 42.0 Å². The summed E-state index contributed by atoms with van der Waals surface area (Å²) in [6.45, 7) is 2.13. The van der Waals surface area contributed by atoms with Crippen LogP contribution in [0.15, 0.2) is 77.8 Å². The van der Waals surface area contributed by atoms with Crippen molar-refractivity contribution < 1.29 is 13.2 Å². The van der Waals surface area contributed by atoms with E-state index in [1.165, 1.54) is 4.31 Å². The van der Waals surface area contributed by atoms with Gasteiger partial charge < -0.3 is 4.74 Å². The molecule has 0 bridgehead atoms. The number of fused-ring (bicyclic) bond motifs is 1. The molecule has 0 saturated carbocycles. The van der Waals surface area contributed by atoms with E-state index >= 15 is 0 Å². The number of methoxy groups -OCH3 is 1. The van der Waals surface area contributed by atoms with E-state index in [4.69, 9.17) is 4.74 Å². The Labute approximate surface area is 175 Å². The summed E-state index contributed by atoms with van der Waals surface area (Å²) in [5.41, 5.74) is 2.02. The van der Waals surface area contributed by atoms with Crippen LogP contribution in [0.3, 0.4) is 0 Å². The monoisotopic (exact) mass is 422 g/mol. The van der Waals surface area contributed by atoms with Gasteiger partial charge in [0, 0.05) is 12.6 Å². The Morgan fingerprint density at radius 1 is 1.00 bits per heavy atom. The highest BCUT2D eigenvalue weighted by Crippen LogP contribution is 2.27. The number of anilines is 1. The number of benzene rings is 2. The summed E-state index contributed by atoms with van der Waals surface area (Å²) >= 11 is 0. The fourth-order valence-corrected chi connectivity index (χ4v) is 4.74. The minimum Gasteiger partial charge on any atom is -0.497 e. The van der Waals surface area contributed by atoms with Crippen LogP contribution in [0, 0.1) is 0 Å². The highest BCUT2D eigenvalue weighted by Gasteiger charge is 2.26. The summed E-state index contributed by atoms with van der Waals surface area (Å²) in [6, 6.07) is 19.7. The summed E-state index contributed by atoms with van der Waals surface area (Å²) in [5.74, 6) is 1.39. The van der Waals surface area contributed by atoms with E-state index in [1.54, 1.807) is 42.0 Å². The van der Waals surface area contributed by atoms with Gasteiger partial charge in [-0.15, -0.1) is 10.2 Å². The third-order valence-electron chi connectivity index (χ3n) is 4.85. The van der Waals surface area contributed by atoms with E-state index < -0.39 is 10.0 Å². The molecule has 0 fully saturated rings. The van der Waals surface area contributed by atoms with Crippen LogP contribution in [-0.4, -0.2) is 30.1 Å². The Bertz CT molecular complexity index is 1270. The molecule has 30 heavy (non-hydrogen) atoms. The number of rotatable bonds is 7. The summed E-state index contributed by atoms with van der Waals surface area (Å²) < 4.78 is 35.8.